The van der Waals surface area contributed by atoms with E-state index in [-0.39, 0.29) is 12.7 Å². The third-order valence-electron chi connectivity index (χ3n) is 2.41. The second-order valence-corrected chi connectivity index (χ2v) is 3.49. The molecule has 1 aromatic rings. The Morgan fingerprint density at radius 3 is 2.50 bits per heavy atom. The van der Waals surface area contributed by atoms with Crippen molar-refractivity contribution < 1.29 is 9.84 Å². The van der Waals surface area contributed by atoms with E-state index in [2.05, 4.69) is 19.1 Å². The molecule has 1 atom stereocenters. The maximum absolute atomic E-state index is 8.90. The first-order valence-electron chi connectivity index (χ1n) is 4.98. The summed E-state index contributed by atoms with van der Waals surface area (Å²) in [7, 11) is 1.72. The smallest absolute Gasteiger partial charge is 0.0583 e. The van der Waals surface area contributed by atoms with Gasteiger partial charge in [-0.1, -0.05) is 24.3 Å². The zero-order valence-electron chi connectivity index (χ0n) is 8.86. The maximum Gasteiger partial charge on any atom is 0.0583 e. The molecule has 0 aliphatic rings. The van der Waals surface area contributed by atoms with Crippen LogP contribution in [0.4, 0.5) is 0 Å². The molecule has 0 spiro atoms. The SMILES string of the molecule is COC(C)Cc1ccccc1CCO. The van der Waals surface area contributed by atoms with Crippen LogP contribution in [0.3, 0.4) is 0 Å². The topological polar surface area (TPSA) is 29.5 Å². The van der Waals surface area contributed by atoms with Crippen molar-refractivity contribution >= 4 is 0 Å². The number of ether oxygens (including phenoxy) is 1. The molecule has 2 nitrogen and oxygen atoms in total. The summed E-state index contributed by atoms with van der Waals surface area (Å²) in [5.41, 5.74) is 2.50. The lowest BCUT2D eigenvalue weighted by Gasteiger charge is -2.12. The lowest BCUT2D eigenvalue weighted by atomic mass is 10.00. The fraction of sp³-hybridized carbons (Fsp3) is 0.500. The number of hydrogen-bond acceptors (Lipinski definition) is 2. The highest BCUT2D eigenvalue weighted by atomic mass is 16.5. The van der Waals surface area contributed by atoms with Gasteiger partial charge in [0.25, 0.3) is 0 Å². The fourth-order valence-electron chi connectivity index (χ4n) is 1.51. The second-order valence-electron chi connectivity index (χ2n) is 3.49. The highest BCUT2D eigenvalue weighted by Crippen LogP contribution is 2.12. The summed E-state index contributed by atoms with van der Waals surface area (Å²) in [6, 6.07) is 8.19. The monoisotopic (exact) mass is 194 g/mol. The average molecular weight is 194 g/mol. The Morgan fingerprint density at radius 1 is 1.29 bits per heavy atom. The molecule has 1 N–H and O–H groups in total. The Kier molecular flexibility index (Phi) is 4.63. The quantitative estimate of drug-likeness (QED) is 0.774. The molecular weight excluding hydrogens is 176 g/mol. The molecule has 0 aliphatic carbocycles. The van der Waals surface area contributed by atoms with Gasteiger partial charge in [-0.05, 0) is 30.9 Å². The molecule has 2 heteroatoms. The molecular formula is C12H18O2. The van der Waals surface area contributed by atoms with Crippen molar-refractivity contribution in [2.24, 2.45) is 0 Å². The van der Waals surface area contributed by atoms with Crippen molar-refractivity contribution in [2.75, 3.05) is 13.7 Å². The van der Waals surface area contributed by atoms with Crippen molar-refractivity contribution in [2.45, 2.75) is 25.9 Å². The number of methoxy groups -OCH3 is 1. The minimum absolute atomic E-state index is 0.207. The van der Waals surface area contributed by atoms with Gasteiger partial charge in [-0.3, -0.25) is 0 Å². The summed E-state index contributed by atoms with van der Waals surface area (Å²) >= 11 is 0. The standard InChI is InChI=1S/C12H18O2/c1-10(14-2)9-12-6-4-3-5-11(12)7-8-13/h3-6,10,13H,7-9H2,1-2H3. The predicted octanol–water partition coefficient (Wildman–Crippen LogP) is 1.80. The van der Waals surface area contributed by atoms with Crippen molar-refractivity contribution in [1.29, 1.82) is 0 Å². The third-order valence-corrected chi connectivity index (χ3v) is 2.41. The molecule has 0 aromatic heterocycles. The largest absolute Gasteiger partial charge is 0.396 e. The van der Waals surface area contributed by atoms with Crippen LogP contribution in [0.5, 0.6) is 0 Å². The Labute approximate surface area is 85.5 Å². The first-order chi connectivity index (χ1) is 6.77. The van der Waals surface area contributed by atoms with Crippen molar-refractivity contribution in [1.82, 2.24) is 0 Å². The third kappa shape index (κ3) is 3.13. The van der Waals surface area contributed by atoms with E-state index in [0.29, 0.717) is 0 Å². The molecule has 0 aliphatic heterocycles. The van der Waals surface area contributed by atoms with Gasteiger partial charge in [0.15, 0.2) is 0 Å². The molecule has 0 amide bonds. The molecule has 1 unspecified atom stereocenters. The van der Waals surface area contributed by atoms with Crippen LogP contribution in [-0.2, 0) is 17.6 Å². The summed E-state index contributed by atoms with van der Waals surface area (Å²) in [5, 5.41) is 8.90. The second kappa shape index (κ2) is 5.78. The van der Waals surface area contributed by atoms with Gasteiger partial charge in [0.05, 0.1) is 6.10 Å². The number of benzene rings is 1. The first-order valence-corrected chi connectivity index (χ1v) is 4.98. The van der Waals surface area contributed by atoms with Gasteiger partial charge in [-0.2, -0.15) is 0 Å². The van der Waals surface area contributed by atoms with E-state index in [1.165, 1.54) is 11.1 Å². The van der Waals surface area contributed by atoms with Gasteiger partial charge in [0.1, 0.15) is 0 Å². The van der Waals surface area contributed by atoms with Crippen molar-refractivity contribution in [3.8, 4) is 0 Å². The number of rotatable bonds is 5. The molecule has 14 heavy (non-hydrogen) atoms. The van der Waals surface area contributed by atoms with E-state index >= 15 is 0 Å². The highest BCUT2D eigenvalue weighted by Gasteiger charge is 2.05. The summed E-state index contributed by atoms with van der Waals surface area (Å²) in [5.74, 6) is 0. The molecule has 0 saturated carbocycles. The van der Waals surface area contributed by atoms with E-state index in [1.807, 2.05) is 12.1 Å². The Hall–Kier alpha value is -0.860. The van der Waals surface area contributed by atoms with E-state index in [0.717, 1.165) is 12.8 Å². The van der Waals surface area contributed by atoms with Gasteiger partial charge in [-0.15, -0.1) is 0 Å². The van der Waals surface area contributed by atoms with Crippen LogP contribution in [0.1, 0.15) is 18.1 Å². The average Bonchev–Trinajstić information content (AvgIpc) is 2.21. The molecule has 0 heterocycles. The van der Waals surface area contributed by atoms with Crippen LogP contribution in [0.25, 0.3) is 0 Å². The summed E-state index contributed by atoms with van der Waals surface area (Å²) in [6.45, 7) is 2.26. The molecule has 0 radical (unpaired) electrons. The van der Waals surface area contributed by atoms with Crippen LogP contribution in [0, 0.1) is 0 Å². The Morgan fingerprint density at radius 2 is 1.93 bits per heavy atom. The number of aliphatic hydroxyl groups is 1. The number of aliphatic hydroxyl groups excluding tert-OH is 1. The zero-order valence-corrected chi connectivity index (χ0v) is 8.86. The summed E-state index contributed by atoms with van der Waals surface area (Å²) < 4.78 is 5.22. The Balaban J connectivity index is 2.73. The van der Waals surface area contributed by atoms with Gasteiger partial charge in [0, 0.05) is 13.7 Å². The predicted molar refractivity (Wildman–Crippen MR) is 57.4 cm³/mol. The van der Waals surface area contributed by atoms with Crippen molar-refractivity contribution in [3.63, 3.8) is 0 Å². The van der Waals surface area contributed by atoms with E-state index in [4.69, 9.17) is 9.84 Å². The molecule has 0 bridgehead atoms. The minimum Gasteiger partial charge on any atom is -0.396 e. The van der Waals surface area contributed by atoms with Crippen LogP contribution < -0.4 is 0 Å². The molecule has 1 aromatic carbocycles. The molecule has 78 valence electrons. The summed E-state index contributed by atoms with van der Waals surface area (Å²) in [4.78, 5) is 0. The van der Waals surface area contributed by atoms with Gasteiger partial charge >= 0.3 is 0 Å². The minimum atomic E-state index is 0.207. The fourth-order valence-corrected chi connectivity index (χ4v) is 1.51. The molecule has 1 rings (SSSR count). The van der Waals surface area contributed by atoms with Gasteiger partial charge in [-0.25, -0.2) is 0 Å². The normalized spacial score (nSPS) is 12.8. The summed E-state index contributed by atoms with van der Waals surface area (Å²) in [6.07, 6.45) is 1.87. The molecule has 0 saturated heterocycles. The van der Waals surface area contributed by atoms with Gasteiger partial charge < -0.3 is 9.84 Å². The Bertz CT molecular complexity index is 271. The number of hydrogen-bond donors (Lipinski definition) is 1. The van der Waals surface area contributed by atoms with Crippen LogP contribution >= 0.6 is 0 Å². The van der Waals surface area contributed by atoms with Crippen LogP contribution in [-0.4, -0.2) is 24.9 Å². The van der Waals surface area contributed by atoms with Crippen LogP contribution in [0.2, 0.25) is 0 Å². The lowest BCUT2D eigenvalue weighted by molar-refractivity contribution is 0.118. The lowest BCUT2D eigenvalue weighted by Crippen LogP contribution is -2.10. The van der Waals surface area contributed by atoms with E-state index in [9.17, 15) is 0 Å². The van der Waals surface area contributed by atoms with Crippen LogP contribution in [0.15, 0.2) is 24.3 Å². The highest BCUT2D eigenvalue weighted by molar-refractivity contribution is 5.27. The maximum atomic E-state index is 8.90. The zero-order chi connectivity index (χ0) is 10.4. The first kappa shape index (κ1) is 11.2. The van der Waals surface area contributed by atoms with Crippen molar-refractivity contribution in [3.05, 3.63) is 35.4 Å². The van der Waals surface area contributed by atoms with E-state index in [1.54, 1.807) is 7.11 Å². The molecule has 0 fully saturated rings. The van der Waals surface area contributed by atoms with Gasteiger partial charge in [0.2, 0.25) is 0 Å². The van der Waals surface area contributed by atoms with E-state index < -0.39 is 0 Å².